The van der Waals surface area contributed by atoms with Crippen LogP contribution in [0.15, 0.2) is 24.3 Å². The van der Waals surface area contributed by atoms with Gasteiger partial charge in [-0.2, -0.15) is 0 Å². The van der Waals surface area contributed by atoms with Crippen LogP contribution in [0.2, 0.25) is 0 Å². The first-order chi connectivity index (χ1) is 14.2. The molecule has 30 heavy (non-hydrogen) atoms. The van der Waals surface area contributed by atoms with Crippen molar-refractivity contribution in [1.82, 2.24) is 0 Å². The average Bonchev–Trinajstić information content (AvgIpc) is 2.95. The van der Waals surface area contributed by atoms with Gasteiger partial charge in [-0.1, -0.05) is 24.3 Å². The Hall–Kier alpha value is -1.50. The number of rotatable bonds is 14. The van der Waals surface area contributed by atoms with Gasteiger partial charge in [0.2, 0.25) is 5.78 Å². The molecule has 7 heteroatoms. The highest BCUT2D eigenvalue weighted by Crippen LogP contribution is 2.33. The Kier molecular flexibility index (Phi) is 12.1. The summed E-state index contributed by atoms with van der Waals surface area (Å²) in [4.78, 5) is 35.0. The summed E-state index contributed by atoms with van der Waals surface area (Å²) >= 11 is 5.68. The predicted molar refractivity (Wildman–Crippen MR) is 116 cm³/mol. The molecule has 0 amide bonds. The van der Waals surface area contributed by atoms with Crippen molar-refractivity contribution in [2.75, 3.05) is 12.5 Å². The molecule has 4 atom stereocenters. The summed E-state index contributed by atoms with van der Waals surface area (Å²) < 4.78 is 4.66. The number of esters is 1. The van der Waals surface area contributed by atoms with Crippen LogP contribution >= 0.6 is 11.6 Å². The molecule has 2 N–H and O–H groups in total. The first-order valence-corrected chi connectivity index (χ1v) is 11.3. The lowest BCUT2D eigenvalue weighted by Crippen LogP contribution is -2.23. The minimum Gasteiger partial charge on any atom is -0.460 e. The number of carbonyl (C=O) groups excluding carboxylic acids is 3. The molecule has 0 radical (unpaired) electrons. The molecular weight excluding hydrogens is 408 g/mol. The van der Waals surface area contributed by atoms with Gasteiger partial charge in [-0.15, -0.1) is 11.6 Å². The van der Waals surface area contributed by atoms with Gasteiger partial charge in [0.1, 0.15) is 5.78 Å². The molecule has 1 saturated carbocycles. The summed E-state index contributed by atoms with van der Waals surface area (Å²) in [6, 6.07) is 0. The minimum absolute atomic E-state index is 0.0354. The van der Waals surface area contributed by atoms with Crippen molar-refractivity contribution < 1.29 is 29.3 Å². The number of ketones is 2. The summed E-state index contributed by atoms with van der Waals surface area (Å²) in [5.74, 6) is -1.33. The SMILES string of the molecule is CCOC(=O)C(=O)CCCC=CC[C@H]1C(=O)C[C@@H](O)[C@@H]1C=CCC(C)(O)CCCCl. The molecule has 1 aliphatic rings. The van der Waals surface area contributed by atoms with Crippen molar-refractivity contribution in [3.63, 3.8) is 0 Å². The van der Waals surface area contributed by atoms with Crippen LogP contribution in [0.3, 0.4) is 0 Å². The van der Waals surface area contributed by atoms with E-state index in [2.05, 4.69) is 4.74 Å². The van der Waals surface area contributed by atoms with Gasteiger partial charge in [0.05, 0.1) is 18.3 Å². The molecule has 0 bridgehead atoms. The molecule has 0 aliphatic heterocycles. The molecule has 0 aromatic heterocycles. The molecule has 6 nitrogen and oxygen atoms in total. The summed E-state index contributed by atoms with van der Waals surface area (Å²) in [5, 5.41) is 20.6. The van der Waals surface area contributed by atoms with Gasteiger partial charge in [-0.05, 0) is 52.4 Å². The van der Waals surface area contributed by atoms with E-state index in [0.29, 0.717) is 38.0 Å². The van der Waals surface area contributed by atoms with Crippen LogP contribution in [-0.2, 0) is 19.1 Å². The maximum absolute atomic E-state index is 12.3. The number of hydrogen-bond donors (Lipinski definition) is 2. The first kappa shape index (κ1) is 26.5. The van der Waals surface area contributed by atoms with E-state index in [1.165, 1.54) is 0 Å². The van der Waals surface area contributed by atoms with Crippen molar-refractivity contribution in [3.8, 4) is 0 Å². The molecule has 1 aliphatic carbocycles. The van der Waals surface area contributed by atoms with Crippen LogP contribution in [0.5, 0.6) is 0 Å². The largest absolute Gasteiger partial charge is 0.460 e. The second kappa shape index (κ2) is 13.7. The smallest absolute Gasteiger partial charge is 0.374 e. The third-order valence-electron chi connectivity index (χ3n) is 5.33. The van der Waals surface area contributed by atoms with E-state index in [1.807, 2.05) is 24.3 Å². The number of Topliss-reactive ketones (excluding diaryl/α,β-unsaturated/α-hetero) is 2. The average molecular weight is 443 g/mol. The number of ether oxygens (including phenoxy) is 1. The second-order valence-electron chi connectivity index (χ2n) is 8.09. The zero-order valence-corrected chi connectivity index (χ0v) is 18.8. The van der Waals surface area contributed by atoms with Gasteiger partial charge in [0.15, 0.2) is 0 Å². The Bertz CT molecular complexity index is 625. The fraction of sp³-hybridized carbons (Fsp3) is 0.696. The topological polar surface area (TPSA) is 101 Å². The van der Waals surface area contributed by atoms with E-state index in [1.54, 1.807) is 13.8 Å². The van der Waals surface area contributed by atoms with Gasteiger partial charge in [0, 0.05) is 30.6 Å². The van der Waals surface area contributed by atoms with E-state index < -0.39 is 23.5 Å². The lowest BCUT2D eigenvalue weighted by Gasteiger charge is -2.22. The Labute approximate surface area is 184 Å². The maximum atomic E-state index is 12.3. The summed E-state index contributed by atoms with van der Waals surface area (Å²) in [6.07, 6.45) is 10.5. The van der Waals surface area contributed by atoms with Crippen LogP contribution in [0.25, 0.3) is 0 Å². The van der Waals surface area contributed by atoms with Crippen LogP contribution in [-0.4, -0.2) is 51.9 Å². The molecule has 0 aromatic carbocycles. The predicted octanol–water partition coefficient (Wildman–Crippen LogP) is 3.52. The lowest BCUT2D eigenvalue weighted by molar-refractivity contribution is -0.153. The minimum atomic E-state index is -0.852. The van der Waals surface area contributed by atoms with E-state index >= 15 is 0 Å². The quantitative estimate of drug-likeness (QED) is 0.140. The fourth-order valence-corrected chi connectivity index (χ4v) is 3.74. The van der Waals surface area contributed by atoms with Gasteiger partial charge >= 0.3 is 5.97 Å². The van der Waals surface area contributed by atoms with E-state index in [0.717, 1.165) is 6.42 Å². The molecule has 0 aromatic rings. The highest BCUT2D eigenvalue weighted by molar-refractivity contribution is 6.33. The van der Waals surface area contributed by atoms with Crippen molar-refractivity contribution in [1.29, 1.82) is 0 Å². The number of aliphatic hydroxyl groups is 2. The molecular formula is C23H35ClO6. The highest BCUT2D eigenvalue weighted by Gasteiger charge is 2.39. The van der Waals surface area contributed by atoms with Gasteiger partial charge in [-0.3, -0.25) is 9.59 Å². The van der Waals surface area contributed by atoms with Gasteiger partial charge in [-0.25, -0.2) is 4.79 Å². The zero-order chi connectivity index (χ0) is 22.6. The molecule has 1 rings (SSSR count). The number of carbonyl (C=O) groups is 3. The Morgan fingerprint density at radius 1 is 1.27 bits per heavy atom. The third-order valence-corrected chi connectivity index (χ3v) is 5.60. The normalized spacial score (nSPS) is 23.9. The second-order valence-corrected chi connectivity index (χ2v) is 8.46. The number of unbranched alkanes of at least 4 members (excludes halogenated alkanes) is 1. The lowest BCUT2D eigenvalue weighted by atomic mass is 9.89. The van der Waals surface area contributed by atoms with E-state index in [-0.39, 0.29) is 37.1 Å². The number of alkyl halides is 1. The standard InChI is InChI=1S/C23H35ClO6/c1-3-30-22(28)19(25)12-7-5-4-6-10-17-18(21(27)16-20(17)26)11-8-13-23(2,29)14-9-15-24/h4,6,8,11,17-18,21,27,29H,3,5,7,9-10,12-16H2,1-2H3/t17-,18-,21-,23?/m1/s1. The van der Waals surface area contributed by atoms with E-state index in [9.17, 15) is 24.6 Å². The first-order valence-electron chi connectivity index (χ1n) is 10.7. The third kappa shape index (κ3) is 9.54. The molecule has 1 fully saturated rings. The molecule has 0 saturated heterocycles. The Morgan fingerprint density at radius 3 is 2.67 bits per heavy atom. The number of allylic oxidation sites excluding steroid dienone is 2. The number of halogens is 1. The molecule has 1 unspecified atom stereocenters. The van der Waals surface area contributed by atoms with Gasteiger partial charge in [0.25, 0.3) is 0 Å². The van der Waals surface area contributed by atoms with Crippen LogP contribution < -0.4 is 0 Å². The highest BCUT2D eigenvalue weighted by atomic mass is 35.5. The van der Waals surface area contributed by atoms with Crippen LogP contribution in [0.1, 0.15) is 65.2 Å². The molecule has 170 valence electrons. The summed E-state index contributed by atoms with van der Waals surface area (Å²) in [5.41, 5.74) is -0.852. The summed E-state index contributed by atoms with van der Waals surface area (Å²) in [6.45, 7) is 3.60. The molecule has 0 heterocycles. The number of hydrogen-bond acceptors (Lipinski definition) is 6. The van der Waals surface area contributed by atoms with Crippen molar-refractivity contribution in [2.24, 2.45) is 11.8 Å². The monoisotopic (exact) mass is 442 g/mol. The summed E-state index contributed by atoms with van der Waals surface area (Å²) in [7, 11) is 0. The number of aliphatic hydroxyl groups excluding tert-OH is 1. The Balaban J connectivity index is 2.47. The molecule has 0 spiro atoms. The van der Waals surface area contributed by atoms with Crippen LogP contribution in [0.4, 0.5) is 0 Å². The van der Waals surface area contributed by atoms with Gasteiger partial charge < -0.3 is 14.9 Å². The van der Waals surface area contributed by atoms with Crippen molar-refractivity contribution in [2.45, 2.75) is 76.9 Å². The fourth-order valence-electron chi connectivity index (χ4n) is 3.61. The van der Waals surface area contributed by atoms with Crippen molar-refractivity contribution >= 4 is 29.1 Å². The van der Waals surface area contributed by atoms with E-state index in [4.69, 9.17) is 11.6 Å². The maximum Gasteiger partial charge on any atom is 0.374 e. The zero-order valence-electron chi connectivity index (χ0n) is 18.0. The van der Waals surface area contributed by atoms with Crippen LogP contribution in [0, 0.1) is 11.8 Å². The Morgan fingerprint density at radius 2 is 2.00 bits per heavy atom. The van der Waals surface area contributed by atoms with Crippen molar-refractivity contribution in [3.05, 3.63) is 24.3 Å².